The van der Waals surface area contributed by atoms with Crippen molar-refractivity contribution in [1.29, 1.82) is 0 Å². The predicted octanol–water partition coefficient (Wildman–Crippen LogP) is 4.77. The summed E-state index contributed by atoms with van der Waals surface area (Å²) in [6.45, 7) is 7.83. The van der Waals surface area contributed by atoms with Crippen molar-refractivity contribution in [2.45, 2.75) is 71.5 Å². The number of piperidine rings is 1. The maximum atomic E-state index is 10.8. The summed E-state index contributed by atoms with van der Waals surface area (Å²) in [6.07, 6.45) is 6.30. The molecule has 0 saturated carbocycles. The molecule has 0 spiro atoms. The molecule has 4 heteroatoms. The second-order valence-corrected chi connectivity index (χ2v) is 6.82. The van der Waals surface area contributed by atoms with Crippen molar-refractivity contribution in [3.63, 3.8) is 0 Å². The van der Waals surface area contributed by atoms with Crippen LogP contribution in [0.2, 0.25) is 0 Å². The Bertz CT molecular complexity index is 486. The lowest BCUT2D eigenvalue weighted by Crippen LogP contribution is -2.46. The Labute approximate surface area is 133 Å². The molecule has 1 saturated heterocycles. The maximum Gasteiger partial charge on any atom is 0.269 e. The summed E-state index contributed by atoms with van der Waals surface area (Å²) in [7, 11) is 0. The van der Waals surface area contributed by atoms with Crippen LogP contribution in [0.25, 0.3) is 0 Å². The lowest BCUT2D eigenvalue weighted by Gasteiger charge is -2.43. The number of nitro groups is 1. The van der Waals surface area contributed by atoms with Crippen LogP contribution in [-0.2, 0) is 6.54 Å². The first-order valence-corrected chi connectivity index (χ1v) is 8.50. The molecule has 1 aromatic rings. The van der Waals surface area contributed by atoms with Gasteiger partial charge in [0.1, 0.15) is 0 Å². The van der Waals surface area contributed by atoms with E-state index in [1.807, 2.05) is 12.1 Å². The van der Waals surface area contributed by atoms with Gasteiger partial charge in [-0.1, -0.05) is 38.8 Å². The molecular formula is C18H28N2O2. The highest BCUT2D eigenvalue weighted by Gasteiger charge is 2.30. The number of unbranched alkanes of at least 4 members (excludes halogenated alkanes) is 1. The normalized spacial score (nSPS) is 26.0. The largest absolute Gasteiger partial charge is 0.293 e. The molecule has 4 nitrogen and oxygen atoms in total. The van der Waals surface area contributed by atoms with Crippen LogP contribution in [0.5, 0.6) is 0 Å². The third-order valence-corrected chi connectivity index (χ3v) is 4.86. The smallest absolute Gasteiger partial charge is 0.269 e. The lowest BCUT2D eigenvalue weighted by molar-refractivity contribution is -0.384. The molecule has 122 valence electrons. The average molecular weight is 304 g/mol. The van der Waals surface area contributed by atoms with E-state index in [2.05, 4.69) is 25.7 Å². The molecule has 0 aliphatic carbocycles. The molecule has 2 rings (SSSR count). The second-order valence-electron chi connectivity index (χ2n) is 6.82. The van der Waals surface area contributed by atoms with Crippen LogP contribution in [0, 0.1) is 16.0 Å². The third-order valence-electron chi connectivity index (χ3n) is 4.86. The van der Waals surface area contributed by atoms with Crippen LogP contribution >= 0.6 is 0 Å². The van der Waals surface area contributed by atoms with Gasteiger partial charge in [-0.15, -0.1) is 0 Å². The first-order valence-electron chi connectivity index (χ1n) is 8.50. The van der Waals surface area contributed by atoms with Gasteiger partial charge < -0.3 is 0 Å². The average Bonchev–Trinajstić information content (AvgIpc) is 2.48. The molecule has 0 amide bonds. The quantitative estimate of drug-likeness (QED) is 0.561. The number of likely N-dealkylation sites (tertiary alicyclic amines) is 1. The van der Waals surface area contributed by atoms with E-state index in [-0.39, 0.29) is 10.6 Å². The van der Waals surface area contributed by atoms with Crippen LogP contribution in [0.3, 0.4) is 0 Å². The predicted molar refractivity (Wildman–Crippen MR) is 89.8 cm³/mol. The topological polar surface area (TPSA) is 46.4 Å². The van der Waals surface area contributed by atoms with Crippen LogP contribution in [0.1, 0.15) is 58.4 Å². The van der Waals surface area contributed by atoms with E-state index in [1.54, 1.807) is 12.1 Å². The van der Waals surface area contributed by atoms with Gasteiger partial charge in [0.15, 0.2) is 0 Å². The van der Waals surface area contributed by atoms with Crippen molar-refractivity contribution >= 4 is 5.69 Å². The monoisotopic (exact) mass is 304 g/mol. The molecule has 1 aliphatic rings. The zero-order chi connectivity index (χ0) is 16.1. The number of hydrogen-bond donors (Lipinski definition) is 0. The number of rotatable bonds is 6. The van der Waals surface area contributed by atoms with Crippen LogP contribution < -0.4 is 0 Å². The zero-order valence-electron chi connectivity index (χ0n) is 14.0. The Balaban J connectivity index is 2.07. The summed E-state index contributed by atoms with van der Waals surface area (Å²) >= 11 is 0. The molecule has 1 aromatic carbocycles. The molecule has 0 bridgehead atoms. The van der Waals surface area contributed by atoms with Gasteiger partial charge in [0, 0.05) is 30.8 Å². The van der Waals surface area contributed by atoms with Gasteiger partial charge in [-0.2, -0.15) is 0 Å². The molecule has 22 heavy (non-hydrogen) atoms. The minimum absolute atomic E-state index is 0.173. The second kappa shape index (κ2) is 7.73. The SMILES string of the molecule is CCCCC1CC(C)CC(C)N1Cc1ccc([N+](=O)[O-])cc1. The summed E-state index contributed by atoms with van der Waals surface area (Å²) in [6, 6.07) is 8.27. The number of nitrogens with zero attached hydrogens (tertiary/aromatic N) is 2. The number of benzene rings is 1. The lowest BCUT2D eigenvalue weighted by atomic mass is 9.85. The van der Waals surface area contributed by atoms with Crippen molar-refractivity contribution in [1.82, 2.24) is 4.90 Å². The minimum Gasteiger partial charge on any atom is -0.293 e. The van der Waals surface area contributed by atoms with E-state index in [0.717, 1.165) is 12.5 Å². The van der Waals surface area contributed by atoms with E-state index < -0.39 is 0 Å². The summed E-state index contributed by atoms with van der Waals surface area (Å²) in [5, 5.41) is 10.8. The zero-order valence-corrected chi connectivity index (χ0v) is 14.0. The first kappa shape index (κ1) is 16.9. The fraction of sp³-hybridized carbons (Fsp3) is 0.667. The van der Waals surface area contributed by atoms with Gasteiger partial charge in [-0.05, 0) is 37.7 Å². The highest BCUT2D eigenvalue weighted by atomic mass is 16.6. The first-order chi connectivity index (χ1) is 10.5. The van der Waals surface area contributed by atoms with Crippen LogP contribution in [-0.4, -0.2) is 21.9 Å². The molecule has 1 fully saturated rings. The summed E-state index contributed by atoms with van der Waals surface area (Å²) in [5.74, 6) is 0.796. The number of hydrogen-bond acceptors (Lipinski definition) is 3. The molecule has 0 radical (unpaired) electrons. The fourth-order valence-electron chi connectivity index (χ4n) is 3.72. The number of non-ortho nitro benzene ring substituents is 1. The maximum absolute atomic E-state index is 10.8. The summed E-state index contributed by atoms with van der Waals surface area (Å²) in [4.78, 5) is 13.0. The Morgan fingerprint density at radius 2 is 1.91 bits per heavy atom. The van der Waals surface area contributed by atoms with E-state index in [9.17, 15) is 10.1 Å². The van der Waals surface area contributed by atoms with Crippen LogP contribution in [0.4, 0.5) is 5.69 Å². The van der Waals surface area contributed by atoms with Gasteiger partial charge >= 0.3 is 0 Å². The Morgan fingerprint density at radius 3 is 2.50 bits per heavy atom. The molecular weight excluding hydrogens is 276 g/mol. The third kappa shape index (κ3) is 4.29. The van der Waals surface area contributed by atoms with Crippen molar-refractivity contribution in [2.24, 2.45) is 5.92 Å². The van der Waals surface area contributed by atoms with E-state index in [0.29, 0.717) is 12.1 Å². The van der Waals surface area contributed by atoms with Crippen molar-refractivity contribution in [3.05, 3.63) is 39.9 Å². The molecule has 1 aliphatic heterocycles. The summed E-state index contributed by atoms with van der Waals surface area (Å²) < 4.78 is 0. The van der Waals surface area contributed by atoms with Crippen LogP contribution in [0.15, 0.2) is 24.3 Å². The van der Waals surface area contributed by atoms with Gasteiger partial charge in [0.25, 0.3) is 5.69 Å². The highest BCUT2D eigenvalue weighted by Crippen LogP contribution is 2.31. The van der Waals surface area contributed by atoms with Gasteiger partial charge in [-0.3, -0.25) is 15.0 Å². The Kier molecular flexibility index (Phi) is 5.95. The van der Waals surface area contributed by atoms with Crippen molar-refractivity contribution in [3.8, 4) is 0 Å². The molecule has 0 aromatic heterocycles. The molecule has 0 N–H and O–H groups in total. The summed E-state index contributed by atoms with van der Waals surface area (Å²) in [5.41, 5.74) is 1.35. The molecule has 3 atom stereocenters. The van der Waals surface area contributed by atoms with E-state index >= 15 is 0 Å². The van der Waals surface area contributed by atoms with E-state index in [1.165, 1.54) is 37.7 Å². The van der Waals surface area contributed by atoms with Crippen molar-refractivity contribution < 1.29 is 4.92 Å². The number of nitro benzene ring substituents is 1. The molecule has 1 heterocycles. The molecule has 3 unspecified atom stereocenters. The van der Waals surface area contributed by atoms with Gasteiger partial charge in [-0.25, -0.2) is 0 Å². The highest BCUT2D eigenvalue weighted by molar-refractivity contribution is 5.32. The Morgan fingerprint density at radius 1 is 1.23 bits per heavy atom. The fourth-order valence-corrected chi connectivity index (χ4v) is 3.72. The van der Waals surface area contributed by atoms with E-state index in [4.69, 9.17) is 0 Å². The Hall–Kier alpha value is -1.42. The van der Waals surface area contributed by atoms with Gasteiger partial charge in [0.05, 0.1) is 4.92 Å². The van der Waals surface area contributed by atoms with Crippen molar-refractivity contribution in [2.75, 3.05) is 0 Å². The van der Waals surface area contributed by atoms with Gasteiger partial charge in [0.2, 0.25) is 0 Å². The standard InChI is InChI=1S/C18H28N2O2/c1-4-5-6-18-12-14(2)11-15(3)19(18)13-16-7-9-17(10-8-16)20(21)22/h7-10,14-15,18H,4-6,11-13H2,1-3H3. The minimum atomic E-state index is -0.334.